The summed E-state index contributed by atoms with van der Waals surface area (Å²) >= 11 is 0. The summed E-state index contributed by atoms with van der Waals surface area (Å²) in [4.78, 5) is 11.5. The number of nitrogens with one attached hydrogen (secondary N) is 1. The quantitative estimate of drug-likeness (QED) is 0.524. The summed E-state index contributed by atoms with van der Waals surface area (Å²) in [6.45, 7) is 21.8. The van der Waals surface area contributed by atoms with Crippen molar-refractivity contribution in [3.05, 3.63) is 12.2 Å². The van der Waals surface area contributed by atoms with Gasteiger partial charge in [-0.05, 0) is 27.7 Å². The fourth-order valence-electron chi connectivity index (χ4n) is 2.44. The molecule has 0 bridgehead atoms. The van der Waals surface area contributed by atoms with Gasteiger partial charge in [0.1, 0.15) is 0 Å². The molecule has 0 aromatic carbocycles. The number of quaternary nitrogens is 1. The second-order valence-corrected chi connectivity index (χ2v) is 6.08. The highest BCUT2D eigenvalue weighted by Gasteiger charge is 2.31. The van der Waals surface area contributed by atoms with Gasteiger partial charge in [0.2, 0.25) is 5.91 Å². The molecule has 18 heavy (non-hydrogen) atoms. The van der Waals surface area contributed by atoms with Gasteiger partial charge in [-0.25, -0.2) is 0 Å². The first kappa shape index (κ1) is 17.2. The fourth-order valence-corrected chi connectivity index (χ4v) is 2.44. The summed E-state index contributed by atoms with van der Waals surface area (Å²) in [5, 5.41) is 2.97. The van der Waals surface area contributed by atoms with Crippen molar-refractivity contribution in [1.29, 1.82) is 0 Å². The van der Waals surface area contributed by atoms with Gasteiger partial charge in [-0.15, -0.1) is 0 Å². The normalized spacial score (nSPS) is 12.3. The molecule has 0 spiro atoms. The van der Waals surface area contributed by atoms with E-state index in [1.807, 2.05) is 0 Å². The highest BCUT2D eigenvalue weighted by molar-refractivity contribution is 5.92. The molecule has 0 heterocycles. The Morgan fingerprint density at radius 2 is 1.61 bits per heavy atom. The van der Waals surface area contributed by atoms with E-state index in [1.165, 1.54) is 0 Å². The molecule has 0 unspecified atom stereocenters. The van der Waals surface area contributed by atoms with Gasteiger partial charge < -0.3 is 9.80 Å². The molecule has 0 saturated heterocycles. The molecular formula is C15H31N2O+. The van der Waals surface area contributed by atoms with E-state index in [0.29, 0.717) is 12.1 Å². The smallest absolute Gasteiger partial charge is 0.246 e. The Hall–Kier alpha value is -0.830. The number of hydrogen-bond acceptors (Lipinski definition) is 1. The van der Waals surface area contributed by atoms with Crippen LogP contribution in [0.3, 0.4) is 0 Å². The molecule has 0 aliphatic rings. The topological polar surface area (TPSA) is 29.1 Å². The monoisotopic (exact) mass is 255 g/mol. The maximum Gasteiger partial charge on any atom is 0.246 e. The first-order chi connectivity index (χ1) is 8.22. The van der Waals surface area contributed by atoms with Gasteiger partial charge in [0.15, 0.2) is 0 Å². The average Bonchev–Trinajstić information content (AvgIpc) is 2.33. The molecule has 0 aromatic heterocycles. The Morgan fingerprint density at radius 3 is 1.94 bits per heavy atom. The van der Waals surface area contributed by atoms with Crippen LogP contribution in [-0.2, 0) is 4.79 Å². The first-order valence-corrected chi connectivity index (χ1v) is 7.00. The van der Waals surface area contributed by atoms with E-state index in [4.69, 9.17) is 0 Å². The van der Waals surface area contributed by atoms with E-state index in [0.717, 1.165) is 30.7 Å². The van der Waals surface area contributed by atoms with Crippen LogP contribution in [0.2, 0.25) is 0 Å². The SMILES string of the molecule is C=C(C)C(=O)NCC(C)(C)C[N+](CC)(CC)CC. The van der Waals surface area contributed by atoms with Crippen LogP contribution in [0.4, 0.5) is 0 Å². The van der Waals surface area contributed by atoms with Gasteiger partial charge >= 0.3 is 0 Å². The van der Waals surface area contributed by atoms with Crippen LogP contribution in [0.25, 0.3) is 0 Å². The van der Waals surface area contributed by atoms with E-state index in [2.05, 4.69) is 46.5 Å². The number of carbonyl (C=O) groups excluding carboxylic acids is 1. The third kappa shape index (κ3) is 5.21. The fraction of sp³-hybridized carbons (Fsp3) is 0.800. The molecule has 0 atom stereocenters. The molecule has 0 rings (SSSR count). The number of nitrogens with zero attached hydrogens (tertiary/aromatic N) is 1. The van der Waals surface area contributed by atoms with Crippen molar-refractivity contribution in [2.75, 3.05) is 32.7 Å². The lowest BCUT2D eigenvalue weighted by molar-refractivity contribution is -0.928. The lowest BCUT2D eigenvalue weighted by Gasteiger charge is -2.42. The van der Waals surface area contributed by atoms with Crippen LogP contribution in [0.1, 0.15) is 41.5 Å². The molecule has 0 radical (unpaired) electrons. The van der Waals surface area contributed by atoms with Crippen LogP contribution in [0.15, 0.2) is 12.2 Å². The van der Waals surface area contributed by atoms with E-state index in [9.17, 15) is 4.79 Å². The maximum absolute atomic E-state index is 11.5. The predicted octanol–water partition coefficient (Wildman–Crippen LogP) is 2.58. The Kier molecular flexibility index (Phi) is 6.61. The molecule has 1 N–H and O–H groups in total. The summed E-state index contributed by atoms with van der Waals surface area (Å²) in [5.41, 5.74) is 0.681. The Balaban J connectivity index is 4.54. The van der Waals surface area contributed by atoms with Crippen molar-refractivity contribution in [3.63, 3.8) is 0 Å². The van der Waals surface area contributed by atoms with Crippen molar-refractivity contribution in [2.45, 2.75) is 41.5 Å². The largest absolute Gasteiger partial charge is 0.352 e. The van der Waals surface area contributed by atoms with E-state index >= 15 is 0 Å². The van der Waals surface area contributed by atoms with Gasteiger partial charge in [-0.3, -0.25) is 4.79 Å². The minimum absolute atomic E-state index is 0.0364. The lowest BCUT2D eigenvalue weighted by Crippen LogP contribution is -2.54. The van der Waals surface area contributed by atoms with Gasteiger partial charge in [0, 0.05) is 17.5 Å². The predicted molar refractivity (Wildman–Crippen MR) is 78.4 cm³/mol. The second-order valence-electron chi connectivity index (χ2n) is 6.08. The van der Waals surface area contributed by atoms with E-state index in [1.54, 1.807) is 6.92 Å². The zero-order valence-electron chi connectivity index (χ0n) is 13.1. The van der Waals surface area contributed by atoms with Crippen LogP contribution in [-0.4, -0.2) is 43.1 Å². The third-order valence-electron chi connectivity index (χ3n) is 3.89. The van der Waals surface area contributed by atoms with Crippen molar-refractivity contribution < 1.29 is 9.28 Å². The molecule has 106 valence electrons. The van der Waals surface area contributed by atoms with E-state index in [-0.39, 0.29) is 11.3 Å². The minimum Gasteiger partial charge on any atom is -0.352 e. The highest BCUT2D eigenvalue weighted by atomic mass is 16.1. The summed E-state index contributed by atoms with van der Waals surface area (Å²) in [7, 11) is 0. The third-order valence-corrected chi connectivity index (χ3v) is 3.89. The summed E-state index contributed by atoms with van der Waals surface area (Å²) in [6, 6.07) is 0. The first-order valence-electron chi connectivity index (χ1n) is 7.00. The molecule has 1 amide bonds. The number of amides is 1. The standard InChI is InChI=1S/C15H30N2O/c1-8-17(9-2,10-3)12-15(6,7)11-16-14(18)13(4)5/h4,8-12H2,1-3,5-7H3/p+1. The molecule has 0 aliphatic heterocycles. The minimum atomic E-state index is -0.0364. The number of rotatable bonds is 8. The number of carbonyl (C=O) groups is 1. The van der Waals surface area contributed by atoms with Crippen LogP contribution >= 0.6 is 0 Å². The molecule has 3 heteroatoms. The molecule has 0 aliphatic carbocycles. The summed E-state index contributed by atoms with van der Waals surface area (Å²) in [6.07, 6.45) is 0. The molecule has 0 saturated carbocycles. The Bertz CT molecular complexity index is 283. The van der Waals surface area contributed by atoms with Gasteiger partial charge in [0.25, 0.3) is 0 Å². The molecule has 3 nitrogen and oxygen atoms in total. The maximum atomic E-state index is 11.5. The summed E-state index contributed by atoms with van der Waals surface area (Å²) in [5.74, 6) is -0.0364. The molecule has 0 aromatic rings. The van der Waals surface area contributed by atoms with Crippen molar-refractivity contribution in [1.82, 2.24) is 5.32 Å². The number of hydrogen-bond donors (Lipinski definition) is 1. The van der Waals surface area contributed by atoms with Gasteiger partial charge in [-0.2, -0.15) is 0 Å². The van der Waals surface area contributed by atoms with Gasteiger partial charge in [-0.1, -0.05) is 20.4 Å². The Morgan fingerprint density at radius 1 is 1.17 bits per heavy atom. The molecule has 0 fully saturated rings. The zero-order chi connectivity index (χ0) is 14.4. The highest BCUT2D eigenvalue weighted by Crippen LogP contribution is 2.21. The molecular weight excluding hydrogens is 224 g/mol. The van der Waals surface area contributed by atoms with Crippen LogP contribution in [0, 0.1) is 5.41 Å². The second kappa shape index (κ2) is 6.93. The van der Waals surface area contributed by atoms with Crippen molar-refractivity contribution in [3.8, 4) is 0 Å². The van der Waals surface area contributed by atoms with E-state index < -0.39 is 0 Å². The van der Waals surface area contributed by atoms with Crippen molar-refractivity contribution >= 4 is 5.91 Å². The van der Waals surface area contributed by atoms with Crippen molar-refractivity contribution in [2.24, 2.45) is 5.41 Å². The zero-order valence-corrected chi connectivity index (χ0v) is 13.1. The van der Waals surface area contributed by atoms with Crippen LogP contribution in [0.5, 0.6) is 0 Å². The lowest BCUT2D eigenvalue weighted by atomic mass is 9.91. The summed E-state index contributed by atoms with van der Waals surface area (Å²) < 4.78 is 1.11. The van der Waals surface area contributed by atoms with Gasteiger partial charge in [0.05, 0.1) is 26.2 Å². The average molecular weight is 255 g/mol. The van der Waals surface area contributed by atoms with Crippen LogP contribution < -0.4 is 5.32 Å². The Labute approximate surface area is 113 Å².